The van der Waals surface area contributed by atoms with Crippen molar-refractivity contribution in [3.63, 3.8) is 0 Å². The van der Waals surface area contributed by atoms with Gasteiger partial charge in [0, 0.05) is 0 Å². The van der Waals surface area contributed by atoms with Crippen molar-refractivity contribution in [3.8, 4) is 5.75 Å². The molecule has 7 nitrogen and oxygen atoms in total. The molecule has 17 heavy (non-hydrogen) atoms. The first-order valence-electron chi connectivity index (χ1n) is 4.35. The number of rotatable bonds is 4. The van der Waals surface area contributed by atoms with Crippen molar-refractivity contribution < 1.29 is 22.6 Å². The van der Waals surface area contributed by atoms with Crippen molar-refractivity contribution in [1.82, 2.24) is 0 Å². The van der Waals surface area contributed by atoms with Gasteiger partial charge in [0.25, 0.3) is 5.69 Å². The zero-order chi connectivity index (χ0) is 13.2. The molecule has 0 radical (unpaired) electrons. The molecule has 0 aliphatic rings. The number of benzene rings is 1. The van der Waals surface area contributed by atoms with Crippen molar-refractivity contribution in [3.05, 3.63) is 27.3 Å². The Hall–Kier alpha value is -1.38. The summed E-state index contributed by atoms with van der Waals surface area (Å²) in [6.07, 6.45) is 0. The van der Waals surface area contributed by atoms with Crippen LogP contribution < -0.4 is 4.74 Å². The molecule has 0 saturated carbocycles. The third-order valence-corrected chi connectivity index (χ3v) is 2.97. The number of hydrogen-bond acceptors (Lipinski definition) is 5. The summed E-state index contributed by atoms with van der Waals surface area (Å²) < 4.78 is 35.7. The molecule has 1 aromatic rings. The van der Waals surface area contributed by atoms with E-state index in [0.717, 1.165) is 12.1 Å². The van der Waals surface area contributed by atoms with Crippen molar-refractivity contribution in [2.45, 2.75) is 11.8 Å². The second kappa shape index (κ2) is 4.86. The molecule has 1 rings (SSSR count). The average molecular weight is 282 g/mol. The van der Waals surface area contributed by atoms with Gasteiger partial charge in [-0.1, -0.05) is 11.6 Å². The van der Waals surface area contributed by atoms with E-state index in [1.54, 1.807) is 6.92 Å². The van der Waals surface area contributed by atoms with Gasteiger partial charge in [0.05, 0.1) is 22.6 Å². The molecule has 0 spiro atoms. The molecule has 0 aliphatic heterocycles. The third kappa shape index (κ3) is 3.05. The van der Waals surface area contributed by atoms with E-state index in [9.17, 15) is 18.5 Å². The van der Waals surface area contributed by atoms with Crippen LogP contribution in [0.2, 0.25) is 5.02 Å². The molecule has 1 aromatic carbocycles. The van der Waals surface area contributed by atoms with Crippen LogP contribution in [0.25, 0.3) is 0 Å². The number of hydrogen-bond donors (Lipinski definition) is 1. The summed E-state index contributed by atoms with van der Waals surface area (Å²) in [6, 6.07) is 1.63. The predicted molar refractivity (Wildman–Crippen MR) is 59.1 cm³/mol. The largest absolute Gasteiger partial charge is 0.492 e. The van der Waals surface area contributed by atoms with E-state index in [2.05, 4.69) is 0 Å². The van der Waals surface area contributed by atoms with E-state index in [-0.39, 0.29) is 17.4 Å². The maximum atomic E-state index is 10.9. The van der Waals surface area contributed by atoms with Gasteiger partial charge in [0.1, 0.15) is 5.75 Å². The van der Waals surface area contributed by atoms with Gasteiger partial charge in [-0.2, -0.15) is 8.42 Å². The zero-order valence-electron chi connectivity index (χ0n) is 8.58. The summed E-state index contributed by atoms with van der Waals surface area (Å²) in [7, 11) is -4.71. The van der Waals surface area contributed by atoms with Crippen LogP contribution in [0.15, 0.2) is 17.0 Å². The average Bonchev–Trinajstić information content (AvgIpc) is 2.19. The Morgan fingerprint density at radius 2 is 2.12 bits per heavy atom. The molecule has 0 fully saturated rings. The fourth-order valence-corrected chi connectivity index (χ4v) is 2.09. The maximum Gasteiger partial charge on any atom is 0.301 e. The number of nitrogens with zero attached hydrogens (tertiary/aromatic N) is 1. The van der Waals surface area contributed by atoms with E-state index in [1.165, 1.54) is 0 Å². The Kier molecular flexibility index (Phi) is 3.91. The summed E-state index contributed by atoms with van der Waals surface area (Å²) >= 11 is 5.67. The lowest BCUT2D eigenvalue weighted by atomic mass is 10.3. The van der Waals surface area contributed by atoms with Gasteiger partial charge in [-0.25, -0.2) is 0 Å². The fourth-order valence-electron chi connectivity index (χ4n) is 1.14. The van der Waals surface area contributed by atoms with E-state index in [0.29, 0.717) is 0 Å². The minimum Gasteiger partial charge on any atom is -0.492 e. The summed E-state index contributed by atoms with van der Waals surface area (Å²) in [4.78, 5) is 8.86. The third-order valence-electron chi connectivity index (χ3n) is 1.79. The van der Waals surface area contributed by atoms with Crippen LogP contribution in [-0.4, -0.2) is 24.5 Å². The monoisotopic (exact) mass is 281 g/mol. The highest BCUT2D eigenvalue weighted by Crippen LogP contribution is 2.34. The van der Waals surface area contributed by atoms with Crippen LogP contribution in [0.4, 0.5) is 5.69 Å². The molecule has 0 saturated heterocycles. The minimum atomic E-state index is -4.71. The molecule has 0 aliphatic carbocycles. The highest BCUT2D eigenvalue weighted by Gasteiger charge is 2.26. The van der Waals surface area contributed by atoms with Crippen LogP contribution in [-0.2, 0) is 10.1 Å². The zero-order valence-corrected chi connectivity index (χ0v) is 10.2. The van der Waals surface area contributed by atoms with Gasteiger partial charge in [-0.05, 0) is 13.0 Å². The number of nitro groups is 1. The highest BCUT2D eigenvalue weighted by molar-refractivity contribution is 7.86. The molecule has 0 bridgehead atoms. The van der Waals surface area contributed by atoms with Crippen LogP contribution in [0, 0.1) is 10.1 Å². The molecule has 0 atom stereocenters. The Labute approximate surface area is 102 Å². The van der Waals surface area contributed by atoms with Gasteiger partial charge in [-0.3, -0.25) is 14.7 Å². The maximum absolute atomic E-state index is 10.9. The van der Waals surface area contributed by atoms with E-state index in [4.69, 9.17) is 20.9 Å². The van der Waals surface area contributed by atoms with Gasteiger partial charge < -0.3 is 4.74 Å². The highest BCUT2D eigenvalue weighted by atomic mass is 35.5. The first kappa shape index (κ1) is 13.7. The Bertz CT molecular complexity index is 555. The van der Waals surface area contributed by atoms with Crippen LogP contribution in [0.5, 0.6) is 5.75 Å². The Morgan fingerprint density at radius 3 is 2.53 bits per heavy atom. The van der Waals surface area contributed by atoms with E-state index < -0.39 is 25.6 Å². The molecule has 1 N–H and O–H groups in total. The van der Waals surface area contributed by atoms with Crippen LogP contribution in [0.3, 0.4) is 0 Å². The molecule has 0 heterocycles. The second-order valence-electron chi connectivity index (χ2n) is 2.92. The molecule has 0 amide bonds. The quantitative estimate of drug-likeness (QED) is 0.513. The van der Waals surface area contributed by atoms with Crippen LogP contribution >= 0.6 is 11.6 Å². The smallest absolute Gasteiger partial charge is 0.301 e. The molecule has 94 valence electrons. The predicted octanol–water partition coefficient (Wildman–Crippen LogP) is 1.89. The van der Waals surface area contributed by atoms with Crippen molar-refractivity contribution in [2.75, 3.05) is 6.61 Å². The van der Waals surface area contributed by atoms with Crippen molar-refractivity contribution in [1.29, 1.82) is 0 Å². The molecular weight excluding hydrogens is 274 g/mol. The molecule has 9 heteroatoms. The lowest BCUT2D eigenvalue weighted by molar-refractivity contribution is -0.388. The summed E-state index contributed by atoms with van der Waals surface area (Å²) in [5.74, 6) is -0.0201. The standard InChI is InChI=1S/C8H8ClNO6S/c1-2-16-7-4-6(10(11)12)8(3-5(7)9)17(13,14)15/h3-4H,2H2,1H3,(H,13,14,15). The van der Waals surface area contributed by atoms with E-state index >= 15 is 0 Å². The fraction of sp³-hybridized carbons (Fsp3) is 0.250. The lowest BCUT2D eigenvalue weighted by Gasteiger charge is -2.07. The van der Waals surface area contributed by atoms with Crippen molar-refractivity contribution in [2.24, 2.45) is 0 Å². The summed E-state index contributed by atoms with van der Waals surface area (Å²) in [5.41, 5.74) is -0.791. The second-order valence-corrected chi connectivity index (χ2v) is 4.71. The van der Waals surface area contributed by atoms with Gasteiger partial charge >= 0.3 is 10.1 Å². The molecule has 0 aromatic heterocycles. The minimum absolute atomic E-state index is 0.0201. The SMILES string of the molecule is CCOc1cc([N+](=O)[O-])c(S(=O)(=O)O)cc1Cl. The van der Waals surface area contributed by atoms with Gasteiger partial charge in [-0.15, -0.1) is 0 Å². The topological polar surface area (TPSA) is 107 Å². The number of ether oxygens (including phenoxy) is 1. The molecular formula is C8H8ClNO6S. The van der Waals surface area contributed by atoms with E-state index in [1.807, 2.05) is 0 Å². The Balaban J connectivity index is 3.52. The van der Waals surface area contributed by atoms with Crippen molar-refractivity contribution >= 4 is 27.4 Å². The van der Waals surface area contributed by atoms with Gasteiger partial charge in [0.2, 0.25) is 0 Å². The molecule has 0 unspecified atom stereocenters. The summed E-state index contributed by atoms with van der Waals surface area (Å²) in [6.45, 7) is 1.85. The first-order valence-corrected chi connectivity index (χ1v) is 6.17. The number of halogens is 1. The lowest BCUT2D eigenvalue weighted by Crippen LogP contribution is -2.04. The normalized spacial score (nSPS) is 11.2. The van der Waals surface area contributed by atoms with Gasteiger partial charge in [0.15, 0.2) is 4.90 Å². The first-order chi connectivity index (χ1) is 7.77. The Morgan fingerprint density at radius 1 is 1.53 bits per heavy atom. The van der Waals surface area contributed by atoms with Crippen LogP contribution in [0.1, 0.15) is 6.92 Å². The summed E-state index contributed by atoms with van der Waals surface area (Å²) in [5, 5.41) is 10.5. The number of nitro benzene ring substituents is 1.